The van der Waals surface area contributed by atoms with Crippen molar-refractivity contribution in [1.82, 2.24) is 0 Å². The third kappa shape index (κ3) is 9.29. The summed E-state index contributed by atoms with van der Waals surface area (Å²) in [5, 5.41) is 0. The lowest BCUT2D eigenvalue weighted by atomic mass is 10.0. The summed E-state index contributed by atoms with van der Waals surface area (Å²) in [5.41, 5.74) is 6.06. The third-order valence-corrected chi connectivity index (χ3v) is 8.60. The first-order chi connectivity index (χ1) is 19.7. The number of carbonyl (C=O) groups excluding carboxylic acids is 2. The monoisotopic (exact) mass is 604 g/mol. The summed E-state index contributed by atoms with van der Waals surface area (Å²) in [5.74, 6) is -0.0867. The van der Waals surface area contributed by atoms with Crippen molar-refractivity contribution in [2.24, 2.45) is 11.7 Å². The minimum Gasteiger partial charge on any atom is -0.493 e. The molecule has 11 heteroatoms. The zero-order chi connectivity index (χ0) is 31.1. The number of anilines is 1. The molecular formula is C31H41FN2O7S. The van der Waals surface area contributed by atoms with E-state index in [1.54, 1.807) is 20.8 Å². The average molecular weight is 605 g/mol. The van der Waals surface area contributed by atoms with Crippen molar-refractivity contribution in [2.45, 2.75) is 70.4 Å². The van der Waals surface area contributed by atoms with Crippen molar-refractivity contribution in [1.29, 1.82) is 0 Å². The predicted octanol–water partition coefficient (Wildman–Crippen LogP) is 5.65. The number of primary amides is 1. The number of rotatable bonds is 7. The quantitative estimate of drug-likeness (QED) is 0.433. The van der Waals surface area contributed by atoms with E-state index < -0.39 is 27.3 Å². The van der Waals surface area contributed by atoms with Crippen LogP contribution in [0.15, 0.2) is 47.9 Å². The molecule has 9 nitrogen and oxygen atoms in total. The van der Waals surface area contributed by atoms with E-state index in [-0.39, 0.29) is 40.8 Å². The fraction of sp³-hybridized carbons (Fsp3) is 0.484. The predicted molar refractivity (Wildman–Crippen MR) is 159 cm³/mol. The van der Waals surface area contributed by atoms with E-state index in [1.165, 1.54) is 11.0 Å². The van der Waals surface area contributed by atoms with Crippen molar-refractivity contribution in [3.8, 4) is 5.75 Å². The van der Waals surface area contributed by atoms with Gasteiger partial charge >= 0.3 is 6.09 Å². The zero-order valence-electron chi connectivity index (χ0n) is 24.8. The van der Waals surface area contributed by atoms with Gasteiger partial charge in [-0.2, -0.15) is 0 Å². The first kappa shape index (κ1) is 33.1. The molecule has 1 fully saturated rings. The zero-order valence-corrected chi connectivity index (χ0v) is 25.6. The second-order valence-corrected chi connectivity index (χ2v) is 13.4. The van der Waals surface area contributed by atoms with Gasteiger partial charge in [0.1, 0.15) is 17.2 Å². The highest BCUT2D eigenvalue weighted by Gasteiger charge is 2.32. The van der Waals surface area contributed by atoms with Crippen LogP contribution in [0.4, 0.5) is 14.9 Å². The molecule has 2 aliphatic rings. The van der Waals surface area contributed by atoms with Gasteiger partial charge in [0.2, 0.25) is 5.91 Å². The second-order valence-electron chi connectivity index (χ2n) is 11.3. The molecule has 0 aromatic heterocycles. The summed E-state index contributed by atoms with van der Waals surface area (Å²) in [4.78, 5) is 24.3. The molecule has 1 saturated heterocycles. The molecule has 0 radical (unpaired) electrons. The average Bonchev–Trinajstić information content (AvgIpc) is 3.01. The maximum atomic E-state index is 14.7. The molecule has 230 valence electrons. The largest absolute Gasteiger partial charge is 0.493 e. The molecule has 2 aliphatic heterocycles. The number of fused-ring (bicyclic) bond motifs is 1. The Balaban J connectivity index is 0.000000531. The van der Waals surface area contributed by atoms with E-state index in [2.05, 4.69) is 11.3 Å². The van der Waals surface area contributed by atoms with Crippen LogP contribution < -0.4 is 15.4 Å². The molecule has 2 aromatic carbocycles. The minimum absolute atomic E-state index is 0.153. The Morgan fingerprint density at radius 3 is 2.36 bits per heavy atom. The van der Waals surface area contributed by atoms with Crippen LogP contribution in [0.2, 0.25) is 0 Å². The highest BCUT2D eigenvalue weighted by atomic mass is 32.2. The lowest BCUT2D eigenvalue weighted by Crippen LogP contribution is -2.30. The Hall–Kier alpha value is -3.44. The van der Waals surface area contributed by atoms with Crippen molar-refractivity contribution in [3.05, 3.63) is 59.9 Å². The van der Waals surface area contributed by atoms with Gasteiger partial charge in [0.15, 0.2) is 9.84 Å². The second kappa shape index (κ2) is 14.2. The molecule has 2 aromatic rings. The van der Waals surface area contributed by atoms with E-state index in [1.807, 2.05) is 31.2 Å². The van der Waals surface area contributed by atoms with E-state index >= 15 is 0 Å². The van der Waals surface area contributed by atoms with Gasteiger partial charge in [-0.3, -0.25) is 4.79 Å². The van der Waals surface area contributed by atoms with Gasteiger partial charge in [0, 0.05) is 25.2 Å². The van der Waals surface area contributed by atoms with E-state index in [0.29, 0.717) is 24.5 Å². The van der Waals surface area contributed by atoms with Gasteiger partial charge in [-0.1, -0.05) is 25.6 Å². The number of hydrogen-bond donors (Lipinski definition) is 1. The number of halogens is 1. The summed E-state index contributed by atoms with van der Waals surface area (Å²) in [6, 6.07) is 9.90. The normalized spacial score (nSPS) is 16.9. The molecule has 4 rings (SSSR count). The Labute approximate surface area is 247 Å². The first-order valence-corrected chi connectivity index (χ1v) is 15.7. The summed E-state index contributed by atoms with van der Waals surface area (Å²) in [6.45, 7) is 13.4. The molecule has 0 atom stereocenters. The Kier molecular flexibility index (Phi) is 11.1. The standard InChI is InChI=1S/C26H30FNO5S.C5H11NO2/c1-3-18(2)22-14-24-25(15-23(22)27)34(30,31)13-10-26(29)28(24)16-19-4-6-21(7-5-19)33-17-20-8-11-32-12-9-20;1-5(2,3)8-4(6)7/h4-7,14-15,20H,2-3,8-13,16-17H2,1H3;1-3H3,(H2,6,7). The number of amides is 2. The van der Waals surface area contributed by atoms with Crippen LogP contribution in [0, 0.1) is 11.7 Å². The topological polar surface area (TPSA) is 125 Å². The van der Waals surface area contributed by atoms with Gasteiger partial charge in [-0.15, -0.1) is 0 Å². The highest BCUT2D eigenvalue weighted by molar-refractivity contribution is 7.91. The number of nitrogens with two attached hydrogens (primary N) is 1. The number of ether oxygens (including phenoxy) is 3. The van der Waals surface area contributed by atoms with Crippen LogP contribution in [-0.4, -0.2) is 51.6 Å². The van der Waals surface area contributed by atoms with Crippen molar-refractivity contribution >= 4 is 33.1 Å². The lowest BCUT2D eigenvalue weighted by molar-refractivity contribution is -0.118. The summed E-state index contributed by atoms with van der Waals surface area (Å²) in [6.07, 6.45) is 1.60. The summed E-state index contributed by atoms with van der Waals surface area (Å²) >= 11 is 0. The van der Waals surface area contributed by atoms with E-state index in [9.17, 15) is 22.4 Å². The number of sulfone groups is 1. The van der Waals surface area contributed by atoms with E-state index in [0.717, 1.165) is 43.4 Å². The Morgan fingerprint density at radius 1 is 1.17 bits per heavy atom. The number of benzene rings is 2. The van der Waals surface area contributed by atoms with Gasteiger partial charge in [-0.05, 0) is 81.4 Å². The minimum atomic E-state index is -3.79. The molecule has 2 amide bonds. The van der Waals surface area contributed by atoms with Crippen molar-refractivity contribution in [2.75, 3.05) is 30.5 Å². The Morgan fingerprint density at radius 2 is 1.81 bits per heavy atom. The van der Waals surface area contributed by atoms with Crippen LogP contribution in [0.3, 0.4) is 0 Å². The number of hydrogen-bond acceptors (Lipinski definition) is 7. The maximum Gasteiger partial charge on any atom is 0.405 e. The van der Waals surface area contributed by atoms with Crippen LogP contribution in [0.5, 0.6) is 5.75 Å². The highest BCUT2D eigenvalue weighted by Crippen LogP contribution is 2.36. The van der Waals surface area contributed by atoms with Gasteiger partial charge in [0.25, 0.3) is 0 Å². The van der Waals surface area contributed by atoms with E-state index in [4.69, 9.17) is 15.2 Å². The van der Waals surface area contributed by atoms with Gasteiger partial charge in [0.05, 0.1) is 29.5 Å². The molecular weight excluding hydrogens is 563 g/mol. The van der Waals surface area contributed by atoms with Crippen LogP contribution >= 0.6 is 0 Å². The lowest BCUT2D eigenvalue weighted by Gasteiger charge is -2.24. The molecule has 42 heavy (non-hydrogen) atoms. The smallest absolute Gasteiger partial charge is 0.405 e. The van der Waals surface area contributed by atoms with Crippen molar-refractivity contribution in [3.63, 3.8) is 0 Å². The molecule has 2 heterocycles. The number of nitrogens with zero attached hydrogens (tertiary/aromatic N) is 1. The fourth-order valence-corrected chi connectivity index (χ4v) is 5.98. The molecule has 0 bridgehead atoms. The molecule has 2 N–H and O–H groups in total. The first-order valence-electron chi connectivity index (χ1n) is 14.0. The molecule has 0 aliphatic carbocycles. The molecule has 0 unspecified atom stereocenters. The van der Waals surface area contributed by atoms with Crippen LogP contribution in [0.1, 0.15) is 64.5 Å². The summed E-state index contributed by atoms with van der Waals surface area (Å²) < 4.78 is 56.2. The SMILES string of the molecule is C=C(CC)c1cc2c(cc1F)S(=O)(=O)CCC(=O)N2Cc1ccc(OCC2CCOCC2)cc1.CC(C)(C)OC(N)=O. The number of allylic oxidation sites excluding steroid dienone is 1. The molecule has 0 saturated carbocycles. The van der Waals surface area contributed by atoms with Gasteiger partial charge in [-0.25, -0.2) is 17.6 Å². The van der Waals surface area contributed by atoms with Crippen LogP contribution in [0.25, 0.3) is 5.57 Å². The van der Waals surface area contributed by atoms with Gasteiger partial charge < -0.3 is 24.8 Å². The van der Waals surface area contributed by atoms with Crippen LogP contribution in [-0.2, 0) is 30.7 Å². The maximum absolute atomic E-state index is 14.7. The third-order valence-electron chi connectivity index (χ3n) is 6.87. The van der Waals surface area contributed by atoms with Crippen molar-refractivity contribution < 1.29 is 36.6 Å². The number of carbonyl (C=O) groups is 2. The summed E-state index contributed by atoms with van der Waals surface area (Å²) in [7, 11) is -3.79. The fourth-order valence-electron chi connectivity index (χ4n) is 4.54. The Bertz CT molecular complexity index is 1380. The molecule has 0 spiro atoms.